The first-order valence-electron chi connectivity index (χ1n) is 2.54. The van der Waals surface area contributed by atoms with E-state index in [9.17, 15) is 0 Å². The number of hydrogen-bond acceptors (Lipinski definition) is 1. The molecule has 0 aliphatic carbocycles. The zero-order valence-corrected chi connectivity index (χ0v) is 8.59. The van der Waals surface area contributed by atoms with Gasteiger partial charge in [0.15, 0.2) is 5.69 Å². The van der Waals surface area contributed by atoms with Gasteiger partial charge in [0, 0.05) is 0 Å². The summed E-state index contributed by atoms with van der Waals surface area (Å²) in [7, 11) is 7.59. The highest BCUT2D eigenvalue weighted by Gasteiger charge is 2.17. The number of halogens is 1. The van der Waals surface area contributed by atoms with E-state index in [0.29, 0.717) is 0 Å². The number of hydrogen-bond donors (Lipinski definition) is 0. The Labute approximate surface area is 66.7 Å². The van der Waals surface area contributed by atoms with E-state index >= 15 is 0 Å². The van der Waals surface area contributed by atoms with Gasteiger partial charge in [0.1, 0.15) is 0 Å². The Kier molecular flexibility index (Phi) is 3.63. The second-order valence-corrected chi connectivity index (χ2v) is 8.26. The highest BCUT2D eigenvalue weighted by Crippen LogP contribution is 2.54. The SMILES string of the molecule is CN(C)P(=S)(Cl)N(C)C. The van der Waals surface area contributed by atoms with Gasteiger partial charge in [-0.3, -0.25) is 9.34 Å². The molecule has 0 fully saturated rings. The molecule has 0 spiro atoms. The molecule has 0 aliphatic heterocycles. The molecule has 0 radical (unpaired) electrons. The minimum atomic E-state index is -1.86. The summed E-state index contributed by atoms with van der Waals surface area (Å²) in [6, 6.07) is 0. The van der Waals surface area contributed by atoms with Crippen LogP contribution in [0.2, 0.25) is 0 Å². The van der Waals surface area contributed by atoms with Gasteiger partial charge in [-0.05, 0) is 40.0 Å². The van der Waals surface area contributed by atoms with Crippen LogP contribution in [-0.2, 0) is 11.8 Å². The Bertz CT molecular complexity index is 125. The Morgan fingerprint density at radius 2 is 1.33 bits per heavy atom. The van der Waals surface area contributed by atoms with E-state index in [4.69, 9.17) is 23.0 Å². The van der Waals surface area contributed by atoms with E-state index in [1.165, 1.54) is 0 Å². The van der Waals surface area contributed by atoms with Crippen LogP contribution in [0, 0.1) is 0 Å². The molecule has 0 N–H and O–H groups in total. The van der Waals surface area contributed by atoms with Crippen molar-refractivity contribution in [2.24, 2.45) is 0 Å². The Balaban J connectivity index is 4.21. The third-order valence-corrected chi connectivity index (χ3v) is 6.73. The van der Waals surface area contributed by atoms with Crippen molar-refractivity contribution in [2.75, 3.05) is 28.2 Å². The summed E-state index contributed by atoms with van der Waals surface area (Å²) in [6.45, 7) is 0. The largest absolute Gasteiger partial charge is 0.258 e. The maximum atomic E-state index is 5.98. The molecular formula is C4H12ClN2PS. The van der Waals surface area contributed by atoms with E-state index in [1.807, 2.05) is 37.5 Å². The van der Waals surface area contributed by atoms with Crippen LogP contribution < -0.4 is 0 Å². The van der Waals surface area contributed by atoms with Gasteiger partial charge in [-0.1, -0.05) is 11.2 Å². The van der Waals surface area contributed by atoms with Crippen LogP contribution in [-0.4, -0.2) is 37.5 Å². The quantitative estimate of drug-likeness (QED) is 0.605. The van der Waals surface area contributed by atoms with Gasteiger partial charge >= 0.3 is 0 Å². The van der Waals surface area contributed by atoms with Gasteiger partial charge < -0.3 is 0 Å². The lowest BCUT2D eigenvalue weighted by atomic mass is 11.3. The van der Waals surface area contributed by atoms with E-state index in [-0.39, 0.29) is 0 Å². The zero-order valence-electron chi connectivity index (χ0n) is 6.13. The van der Waals surface area contributed by atoms with Gasteiger partial charge in [0.2, 0.25) is 0 Å². The van der Waals surface area contributed by atoms with Crippen LogP contribution >= 0.6 is 16.9 Å². The van der Waals surface area contributed by atoms with Gasteiger partial charge in [-0.15, -0.1) is 0 Å². The summed E-state index contributed by atoms with van der Waals surface area (Å²) in [5.41, 5.74) is -1.86. The third-order valence-electron chi connectivity index (χ3n) is 0.987. The first-order chi connectivity index (χ1) is 3.89. The van der Waals surface area contributed by atoms with Crippen molar-refractivity contribution in [1.82, 2.24) is 9.34 Å². The fourth-order valence-corrected chi connectivity index (χ4v) is 1.07. The minimum Gasteiger partial charge on any atom is -0.258 e. The summed E-state index contributed by atoms with van der Waals surface area (Å²) >= 11 is 11.1. The molecule has 0 aromatic rings. The van der Waals surface area contributed by atoms with Crippen molar-refractivity contribution in [3.8, 4) is 0 Å². The minimum absolute atomic E-state index is 1.86. The van der Waals surface area contributed by atoms with Crippen LogP contribution in [0.5, 0.6) is 0 Å². The fourth-order valence-electron chi connectivity index (χ4n) is 0.358. The first kappa shape index (κ1) is 9.86. The molecule has 0 aromatic carbocycles. The van der Waals surface area contributed by atoms with E-state index in [2.05, 4.69) is 0 Å². The molecule has 56 valence electrons. The summed E-state index contributed by atoms with van der Waals surface area (Å²) in [6.07, 6.45) is 0. The molecule has 0 rings (SSSR count). The highest BCUT2D eigenvalue weighted by molar-refractivity contribution is 8.24. The highest BCUT2D eigenvalue weighted by atomic mass is 35.7. The number of nitrogens with zero attached hydrogens (tertiary/aromatic N) is 2. The Morgan fingerprint density at radius 3 is 1.33 bits per heavy atom. The average Bonchev–Trinajstić information content (AvgIpc) is 1.65. The van der Waals surface area contributed by atoms with Gasteiger partial charge in [-0.25, -0.2) is 0 Å². The summed E-state index contributed by atoms with van der Waals surface area (Å²) < 4.78 is 3.76. The monoisotopic (exact) mass is 186 g/mol. The zero-order chi connectivity index (χ0) is 7.65. The molecule has 0 aliphatic rings. The molecule has 2 nitrogen and oxygen atoms in total. The van der Waals surface area contributed by atoms with E-state index in [1.54, 1.807) is 0 Å². The topological polar surface area (TPSA) is 6.48 Å². The molecule has 0 unspecified atom stereocenters. The van der Waals surface area contributed by atoms with Gasteiger partial charge in [-0.2, -0.15) is 0 Å². The standard InChI is InChI=1S/C4H12ClN2PS/c1-6(2)8(5,9)7(3)4/h1-4H3. The lowest BCUT2D eigenvalue weighted by molar-refractivity contribution is 0.587. The molecule has 0 heterocycles. The smallest absolute Gasteiger partial charge is 0.163 e. The van der Waals surface area contributed by atoms with Crippen LogP contribution in [0.1, 0.15) is 0 Å². The van der Waals surface area contributed by atoms with Crippen molar-refractivity contribution in [3.63, 3.8) is 0 Å². The van der Waals surface area contributed by atoms with E-state index < -0.39 is 5.69 Å². The molecule has 0 amide bonds. The van der Waals surface area contributed by atoms with Gasteiger partial charge in [0.05, 0.1) is 0 Å². The average molecular weight is 187 g/mol. The predicted molar refractivity (Wildman–Crippen MR) is 47.5 cm³/mol. The second-order valence-electron chi connectivity index (χ2n) is 2.17. The third kappa shape index (κ3) is 2.52. The van der Waals surface area contributed by atoms with Crippen molar-refractivity contribution >= 4 is 28.7 Å². The molecule has 0 saturated carbocycles. The van der Waals surface area contributed by atoms with E-state index in [0.717, 1.165) is 0 Å². The van der Waals surface area contributed by atoms with Crippen molar-refractivity contribution in [2.45, 2.75) is 0 Å². The lowest BCUT2D eigenvalue weighted by Gasteiger charge is -2.27. The molecule has 0 bridgehead atoms. The van der Waals surface area contributed by atoms with Crippen LogP contribution in [0.3, 0.4) is 0 Å². The molecule has 0 saturated heterocycles. The van der Waals surface area contributed by atoms with Crippen molar-refractivity contribution in [3.05, 3.63) is 0 Å². The predicted octanol–water partition coefficient (Wildman–Crippen LogP) is 1.57. The van der Waals surface area contributed by atoms with Crippen LogP contribution in [0.4, 0.5) is 0 Å². The second kappa shape index (κ2) is 3.31. The maximum absolute atomic E-state index is 5.98. The normalized spacial score (nSPS) is 13.2. The Hall–Kier alpha value is 0.860. The molecular weight excluding hydrogens is 175 g/mol. The van der Waals surface area contributed by atoms with Crippen molar-refractivity contribution in [1.29, 1.82) is 0 Å². The molecule has 5 heteroatoms. The van der Waals surface area contributed by atoms with Crippen LogP contribution in [0.25, 0.3) is 0 Å². The fraction of sp³-hybridized carbons (Fsp3) is 1.00. The number of rotatable bonds is 2. The Morgan fingerprint density at radius 1 is 1.11 bits per heavy atom. The first-order valence-corrected chi connectivity index (χ1v) is 6.15. The molecule has 9 heavy (non-hydrogen) atoms. The van der Waals surface area contributed by atoms with Crippen molar-refractivity contribution < 1.29 is 0 Å². The van der Waals surface area contributed by atoms with Crippen LogP contribution in [0.15, 0.2) is 0 Å². The summed E-state index contributed by atoms with van der Waals surface area (Å²) in [4.78, 5) is 0. The van der Waals surface area contributed by atoms with Gasteiger partial charge in [0.25, 0.3) is 0 Å². The lowest BCUT2D eigenvalue weighted by Crippen LogP contribution is -2.16. The summed E-state index contributed by atoms with van der Waals surface area (Å²) in [5.74, 6) is 0. The maximum Gasteiger partial charge on any atom is 0.163 e. The molecule has 0 aromatic heterocycles. The summed E-state index contributed by atoms with van der Waals surface area (Å²) in [5, 5.41) is 0. The molecule has 0 atom stereocenters.